The van der Waals surface area contributed by atoms with Crippen LogP contribution in [0.1, 0.15) is 11.1 Å². The summed E-state index contributed by atoms with van der Waals surface area (Å²) in [6.45, 7) is 0. The number of benzene rings is 3. The number of anilines is 1. The van der Waals surface area contributed by atoms with Crippen molar-refractivity contribution in [2.45, 2.75) is 17.7 Å². The Hall–Kier alpha value is -1.85. The van der Waals surface area contributed by atoms with Crippen LogP contribution < -0.4 is 4.72 Å². The van der Waals surface area contributed by atoms with Crippen LogP contribution in [0.5, 0.6) is 0 Å². The van der Waals surface area contributed by atoms with E-state index in [4.69, 9.17) is 0 Å². The van der Waals surface area contributed by atoms with E-state index in [1.54, 1.807) is 24.3 Å². The van der Waals surface area contributed by atoms with Crippen molar-refractivity contribution < 1.29 is 8.42 Å². The predicted octanol–water partition coefficient (Wildman–Crippen LogP) is 4.50. The number of sulfonamides is 1. The average Bonchev–Trinajstić information content (AvgIpc) is 2.95. The maximum atomic E-state index is 12.7. The van der Waals surface area contributed by atoms with Gasteiger partial charge in [0, 0.05) is 9.86 Å². The Morgan fingerprint density at radius 1 is 0.870 bits per heavy atom. The fourth-order valence-corrected chi connectivity index (χ4v) is 5.28. The topological polar surface area (TPSA) is 46.2 Å². The molecule has 0 radical (unpaired) electrons. The zero-order chi connectivity index (χ0) is 16.0. The second kappa shape index (κ2) is 5.35. The van der Waals surface area contributed by atoms with Gasteiger partial charge in [0.15, 0.2) is 0 Å². The zero-order valence-electron chi connectivity index (χ0n) is 12.2. The van der Waals surface area contributed by atoms with E-state index in [1.165, 1.54) is 16.5 Å². The summed E-state index contributed by atoms with van der Waals surface area (Å²) in [6.07, 6.45) is 2.04. The number of halogens is 1. The summed E-state index contributed by atoms with van der Waals surface area (Å²) in [6, 6.07) is 16.8. The van der Waals surface area contributed by atoms with Crippen LogP contribution in [-0.4, -0.2) is 8.42 Å². The number of hydrogen-bond acceptors (Lipinski definition) is 2. The Kier molecular flexibility index (Phi) is 3.43. The summed E-state index contributed by atoms with van der Waals surface area (Å²) < 4.78 is 28.7. The van der Waals surface area contributed by atoms with Crippen LogP contribution >= 0.6 is 15.9 Å². The second-order valence-electron chi connectivity index (χ2n) is 5.65. The Bertz CT molecular complexity index is 1020. The van der Waals surface area contributed by atoms with E-state index in [2.05, 4.69) is 26.7 Å². The molecule has 0 saturated heterocycles. The molecular weight excluding hydrogens is 374 g/mol. The predicted molar refractivity (Wildman–Crippen MR) is 96.3 cm³/mol. The van der Waals surface area contributed by atoms with E-state index in [0.29, 0.717) is 10.2 Å². The van der Waals surface area contributed by atoms with Crippen molar-refractivity contribution in [3.8, 4) is 0 Å². The highest BCUT2D eigenvalue weighted by molar-refractivity contribution is 9.10. The Morgan fingerprint density at radius 2 is 1.61 bits per heavy atom. The summed E-state index contributed by atoms with van der Waals surface area (Å²) in [5, 5.41) is 2.16. The van der Waals surface area contributed by atoms with E-state index in [9.17, 15) is 8.42 Å². The molecule has 4 rings (SSSR count). The van der Waals surface area contributed by atoms with Gasteiger partial charge in [-0.15, -0.1) is 0 Å². The lowest BCUT2D eigenvalue weighted by Gasteiger charge is -2.13. The third-order valence-electron chi connectivity index (χ3n) is 4.25. The number of rotatable bonds is 3. The van der Waals surface area contributed by atoms with E-state index < -0.39 is 10.0 Å². The molecule has 0 saturated carbocycles. The van der Waals surface area contributed by atoms with Gasteiger partial charge < -0.3 is 0 Å². The smallest absolute Gasteiger partial charge is 0.263 e. The highest BCUT2D eigenvalue weighted by Gasteiger charge is 2.21. The van der Waals surface area contributed by atoms with Gasteiger partial charge in [0.1, 0.15) is 4.90 Å². The van der Waals surface area contributed by atoms with Gasteiger partial charge in [-0.05, 0) is 63.5 Å². The van der Waals surface area contributed by atoms with Gasteiger partial charge in [0.2, 0.25) is 0 Å². The van der Waals surface area contributed by atoms with Gasteiger partial charge in [-0.2, -0.15) is 0 Å². The van der Waals surface area contributed by atoms with Crippen molar-refractivity contribution in [2.24, 2.45) is 0 Å². The SMILES string of the molecule is O=S(=O)(Nc1ccc2c3c(cccc13)CC2)c1ccccc1Br. The maximum Gasteiger partial charge on any atom is 0.263 e. The molecule has 0 heterocycles. The van der Waals surface area contributed by atoms with Gasteiger partial charge >= 0.3 is 0 Å². The van der Waals surface area contributed by atoms with Crippen LogP contribution in [-0.2, 0) is 22.9 Å². The van der Waals surface area contributed by atoms with E-state index in [-0.39, 0.29) is 4.90 Å². The van der Waals surface area contributed by atoms with Crippen molar-refractivity contribution in [1.29, 1.82) is 0 Å². The molecule has 0 fully saturated rings. The van der Waals surface area contributed by atoms with Crippen molar-refractivity contribution in [3.63, 3.8) is 0 Å². The molecule has 0 aromatic heterocycles. The number of aryl methyl sites for hydroxylation is 2. The Morgan fingerprint density at radius 3 is 2.39 bits per heavy atom. The molecule has 3 nitrogen and oxygen atoms in total. The van der Waals surface area contributed by atoms with Crippen molar-refractivity contribution in [2.75, 3.05) is 4.72 Å². The van der Waals surface area contributed by atoms with Crippen LogP contribution in [0.15, 0.2) is 64.0 Å². The minimum Gasteiger partial charge on any atom is -0.279 e. The molecular formula is C18H14BrNO2S. The molecule has 1 N–H and O–H groups in total. The molecule has 23 heavy (non-hydrogen) atoms. The van der Waals surface area contributed by atoms with E-state index in [0.717, 1.165) is 18.2 Å². The van der Waals surface area contributed by atoms with Crippen LogP contribution in [0.4, 0.5) is 5.69 Å². The van der Waals surface area contributed by atoms with Crippen LogP contribution in [0.25, 0.3) is 10.8 Å². The van der Waals surface area contributed by atoms with E-state index >= 15 is 0 Å². The van der Waals surface area contributed by atoms with Gasteiger partial charge in [-0.25, -0.2) is 8.42 Å². The first-order valence-corrected chi connectivity index (χ1v) is 9.65. The Labute approximate surface area is 143 Å². The molecule has 1 aliphatic rings. The second-order valence-corrected chi connectivity index (χ2v) is 8.15. The van der Waals surface area contributed by atoms with E-state index in [1.807, 2.05) is 24.3 Å². The molecule has 0 aliphatic heterocycles. The summed E-state index contributed by atoms with van der Waals surface area (Å²) >= 11 is 3.31. The lowest BCUT2D eigenvalue weighted by atomic mass is 10.0. The molecule has 116 valence electrons. The largest absolute Gasteiger partial charge is 0.279 e. The quantitative estimate of drug-likeness (QED) is 0.718. The van der Waals surface area contributed by atoms with Gasteiger partial charge in [0.05, 0.1) is 5.69 Å². The van der Waals surface area contributed by atoms with Crippen LogP contribution in [0, 0.1) is 0 Å². The molecule has 3 aromatic rings. The molecule has 3 aromatic carbocycles. The molecule has 0 atom stereocenters. The standard InChI is InChI=1S/C18H14BrNO2S/c19-15-6-1-2-7-17(15)23(21,22)20-16-11-10-13-9-8-12-4-3-5-14(16)18(12)13/h1-7,10-11,20H,8-9H2. The first kappa shape index (κ1) is 14.7. The minimum absolute atomic E-state index is 0.239. The first-order chi connectivity index (χ1) is 11.1. The highest BCUT2D eigenvalue weighted by atomic mass is 79.9. The van der Waals surface area contributed by atoms with Crippen LogP contribution in [0.3, 0.4) is 0 Å². The fourth-order valence-electron chi connectivity index (χ4n) is 3.20. The maximum absolute atomic E-state index is 12.7. The van der Waals surface area contributed by atoms with Crippen molar-refractivity contribution >= 4 is 42.4 Å². The van der Waals surface area contributed by atoms with Gasteiger partial charge in [-0.3, -0.25) is 4.72 Å². The summed E-state index contributed by atoms with van der Waals surface area (Å²) in [4.78, 5) is 0.239. The monoisotopic (exact) mass is 387 g/mol. The molecule has 0 spiro atoms. The minimum atomic E-state index is -3.64. The van der Waals surface area contributed by atoms with Crippen molar-refractivity contribution in [1.82, 2.24) is 0 Å². The van der Waals surface area contributed by atoms with Gasteiger partial charge in [0.25, 0.3) is 10.0 Å². The average molecular weight is 388 g/mol. The summed E-state index contributed by atoms with van der Waals surface area (Å²) in [5.41, 5.74) is 3.21. The highest BCUT2D eigenvalue weighted by Crippen LogP contribution is 2.36. The fraction of sp³-hybridized carbons (Fsp3) is 0.111. The normalized spacial score (nSPS) is 13.4. The molecule has 0 amide bonds. The zero-order valence-corrected chi connectivity index (χ0v) is 14.6. The number of hydrogen-bond donors (Lipinski definition) is 1. The number of nitrogens with one attached hydrogen (secondary N) is 1. The summed E-state index contributed by atoms with van der Waals surface area (Å²) in [7, 11) is -3.64. The molecule has 0 bridgehead atoms. The third-order valence-corrected chi connectivity index (χ3v) is 6.63. The Balaban J connectivity index is 1.84. The van der Waals surface area contributed by atoms with Crippen molar-refractivity contribution in [3.05, 3.63) is 70.2 Å². The molecule has 0 unspecified atom stereocenters. The summed E-state index contributed by atoms with van der Waals surface area (Å²) in [5.74, 6) is 0. The van der Waals surface area contributed by atoms with Crippen LogP contribution in [0.2, 0.25) is 0 Å². The first-order valence-electron chi connectivity index (χ1n) is 7.37. The lowest BCUT2D eigenvalue weighted by Crippen LogP contribution is -2.13. The molecule has 5 heteroatoms. The molecule has 1 aliphatic carbocycles. The lowest BCUT2D eigenvalue weighted by molar-refractivity contribution is 0.601. The third kappa shape index (κ3) is 2.44. The van der Waals surface area contributed by atoms with Gasteiger partial charge in [-0.1, -0.05) is 36.4 Å².